The van der Waals surface area contributed by atoms with Gasteiger partial charge in [0.15, 0.2) is 0 Å². The second-order valence-electron chi connectivity index (χ2n) is 3.74. The number of phenols is 1. The summed E-state index contributed by atoms with van der Waals surface area (Å²) in [6.45, 7) is 2.03. The molecular weight excluding hydrogens is 232 g/mol. The van der Waals surface area contributed by atoms with E-state index >= 15 is 0 Å². The summed E-state index contributed by atoms with van der Waals surface area (Å²) < 4.78 is 12.3. The van der Waals surface area contributed by atoms with Crippen LogP contribution in [-0.4, -0.2) is 9.32 Å². The van der Waals surface area contributed by atoms with Crippen LogP contribution < -0.4 is 0 Å². The molecule has 0 fully saturated rings. The van der Waals surface area contributed by atoms with Gasteiger partial charge in [0.1, 0.15) is 5.75 Å². The van der Waals surface area contributed by atoms with Gasteiger partial charge in [-0.2, -0.15) is 0 Å². The lowest BCUT2D eigenvalue weighted by molar-refractivity contribution is 0.461. The van der Waals surface area contributed by atoms with Crippen molar-refractivity contribution in [1.29, 1.82) is 0 Å². The van der Waals surface area contributed by atoms with E-state index in [4.69, 9.17) is 0 Å². The quantitative estimate of drug-likeness (QED) is 0.903. The zero-order valence-corrected chi connectivity index (χ0v) is 10.4. The van der Waals surface area contributed by atoms with Crippen LogP contribution in [-0.2, 0) is 17.2 Å². The van der Waals surface area contributed by atoms with Crippen molar-refractivity contribution in [2.24, 2.45) is 0 Å². The number of benzene rings is 2. The van der Waals surface area contributed by atoms with Gasteiger partial charge in [0.2, 0.25) is 0 Å². The van der Waals surface area contributed by atoms with Crippen molar-refractivity contribution in [2.75, 3.05) is 0 Å². The number of rotatable bonds is 3. The molecule has 0 saturated heterocycles. The van der Waals surface area contributed by atoms with E-state index in [-0.39, 0.29) is 5.75 Å². The predicted octanol–water partition coefficient (Wildman–Crippen LogP) is 3.12. The van der Waals surface area contributed by atoms with E-state index in [9.17, 15) is 9.32 Å². The Morgan fingerprint density at radius 1 is 1.12 bits per heavy atom. The van der Waals surface area contributed by atoms with Crippen LogP contribution in [0.25, 0.3) is 0 Å². The fraction of sp³-hybridized carbons (Fsp3) is 0.143. The Morgan fingerprint density at radius 3 is 2.47 bits per heavy atom. The minimum absolute atomic E-state index is 0.0874. The minimum atomic E-state index is -1.32. The number of hydrogen-bond donors (Lipinski definition) is 1. The molecule has 0 spiro atoms. The zero-order chi connectivity index (χ0) is 12.3. The highest BCUT2D eigenvalue weighted by Gasteiger charge is 2.11. The largest absolute Gasteiger partial charge is 0.507 e. The highest BCUT2D eigenvalue weighted by atomic mass is 32.2. The van der Waals surface area contributed by atoms with Gasteiger partial charge in [-0.05, 0) is 36.2 Å². The summed E-state index contributed by atoms with van der Waals surface area (Å²) in [5, 5.41) is 9.77. The van der Waals surface area contributed by atoms with E-state index in [1.54, 1.807) is 24.3 Å². The summed E-state index contributed by atoms with van der Waals surface area (Å²) in [6, 6.07) is 14.4. The summed E-state index contributed by atoms with van der Waals surface area (Å²) in [7, 11) is -1.32. The van der Waals surface area contributed by atoms with E-state index in [2.05, 4.69) is 0 Å². The number of aromatic hydroxyl groups is 1. The maximum absolute atomic E-state index is 12.3. The molecule has 0 heterocycles. The van der Waals surface area contributed by atoms with Gasteiger partial charge in [-0.15, -0.1) is 0 Å². The van der Waals surface area contributed by atoms with Gasteiger partial charge in [-0.3, -0.25) is 0 Å². The first-order valence-electron chi connectivity index (χ1n) is 5.51. The summed E-state index contributed by atoms with van der Waals surface area (Å²) in [5.74, 6) is 0.0874. The molecule has 0 saturated carbocycles. The van der Waals surface area contributed by atoms with Crippen molar-refractivity contribution in [2.45, 2.75) is 23.1 Å². The van der Waals surface area contributed by atoms with Crippen LogP contribution in [0, 0.1) is 0 Å². The Labute approximate surface area is 103 Å². The van der Waals surface area contributed by atoms with Crippen molar-refractivity contribution >= 4 is 10.8 Å². The molecule has 0 aliphatic rings. The van der Waals surface area contributed by atoms with Crippen molar-refractivity contribution in [3.05, 3.63) is 54.1 Å². The van der Waals surface area contributed by atoms with Crippen LogP contribution >= 0.6 is 0 Å². The number of phenolic OH excluding ortho intramolecular Hbond substituents is 1. The molecule has 2 nitrogen and oxygen atoms in total. The van der Waals surface area contributed by atoms with Gasteiger partial charge in [-0.1, -0.05) is 31.2 Å². The maximum Gasteiger partial charge on any atom is 0.132 e. The Bertz CT molecular complexity index is 535. The molecule has 88 valence electrons. The normalized spacial score (nSPS) is 12.3. The maximum atomic E-state index is 12.3. The molecule has 0 amide bonds. The molecule has 0 aliphatic carbocycles. The first-order valence-corrected chi connectivity index (χ1v) is 6.66. The fourth-order valence-electron chi connectivity index (χ4n) is 1.60. The topological polar surface area (TPSA) is 37.3 Å². The number of hydrogen-bond acceptors (Lipinski definition) is 2. The Hall–Kier alpha value is -1.61. The fourth-order valence-corrected chi connectivity index (χ4v) is 2.77. The molecule has 0 unspecified atom stereocenters. The summed E-state index contributed by atoms with van der Waals surface area (Å²) in [6.07, 6.45) is 0.860. The third kappa shape index (κ3) is 2.56. The number of aryl methyl sites for hydroxylation is 1. The second-order valence-corrected chi connectivity index (χ2v) is 5.19. The van der Waals surface area contributed by atoms with Gasteiger partial charge in [0.05, 0.1) is 15.7 Å². The SMILES string of the molecule is CCc1ccc(O)c([S@@](=O)c2ccccc2)c1. The monoisotopic (exact) mass is 246 g/mol. The Kier molecular flexibility index (Phi) is 3.59. The average molecular weight is 246 g/mol. The highest BCUT2D eigenvalue weighted by Crippen LogP contribution is 2.26. The third-order valence-corrected chi connectivity index (χ3v) is 4.02. The molecule has 2 aromatic carbocycles. The van der Waals surface area contributed by atoms with E-state index in [1.165, 1.54) is 0 Å². The lowest BCUT2D eigenvalue weighted by Gasteiger charge is -2.06. The second kappa shape index (κ2) is 5.15. The van der Waals surface area contributed by atoms with Crippen molar-refractivity contribution in [3.63, 3.8) is 0 Å². The minimum Gasteiger partial charge on any atom is -0.507 e. The first kappa shape index (κ1) is 11.9. The molecule has 17 heavy (non-hydrogen) atoms. The van der Waals surface area contributed by atoms with Crippen LogP contribution in [0.4, 0.5) is 0 Å². The molecule has 3 heteroatoms. The van der Waals surface area contributed by atoms with Gasteiger partial charge in [0, 0.05) is 4.90 Å². The van der Waals surface area contributed by atoms with E-state index in [0.29, 0.717) is 9.79 Å². The lowest BCUT2D eigenvalue weighted by Crippen LogP contribution is -1.94. The Balaban J connectivity index is 2.44. The summed E-state index contributed by atoms with van der Waals surface area (Å²) >= 11 is 0. The predicted molar refractivity (Wildman–Crippen MR) is 68.6 cm³/mol. The third-order valence-electron chi connectivity index (χ3n) is 2.59. The molecule has 1 atom stereocenters. The Morgan fingerprint density at radius 2 is 1.82 bits per heavy atom. The molecule has 0 aromatic heterocycles. The van der Waals surface area contributed by atoms with Gasteiger partial charge >= 0.3 is 0 Å². The van der Waals surface area contributed by atoms with Gasteiger partial charge in [0.25, 0.3) is 0 Å². The van der Waals surface area contributed by atoms with E-state index < -0.39 is 10.8 Å². The highest BCUT2D eigenvalue weighted by molar-refractivity contribution is 7.85. The molecule has 0 aliphatic heterocycles. The van der Waals surface area contributed by atoms with Crippen LogP contribution in [0.1, 0.15) is 12.5 Å². The van der Waals surface area contributed by atoms with Gasteiger partial charge in [-0.25, -0.2) is 4.21 Å². The van der Waals surface area contributed by atoms with Crippen molar-refractivity contribution in [1.82, 2.24) is 0 Å². The van der Waals surface area contributed by atoms with Crippen LogP contribution in [0.5, 0.6) is 5.75 Å². The first-order chi connectivity index (χ1) is 8.22. The smallest absolute Gasteiger partial charge is 0.132 e. The molecule has 2 rings (SSSR count). The van der Waals surface area contributed by atoms with Crippen molar-refractivity contribution in [3.8, 4) is 5.75 Å². The molecule has 2 aromatic rings. The summed E-state index contributed by atoms with van der Waals surface area (Å²) in [5.41, 5.74) is 1.07. The van der Waals surface area contributed by atoms with Crippen LogP contribution in [0.3, 0.4) is 0 Å². The molecule has 0 radical (unpaired) electrons. The molecule has 1 N–H and O–H groups in total. The van der Waals surface area contributed by atoms with Crippen LogP contribution in [0.2, 0.25) is 0 Å². The molecule has 0 bridgehead atoms. The van der Waals surface area contributed by atoms with Crippen molar-refractivity contribution < 1.29 is 9.32 Å². The standard InChI is InChI=1S/C14H14O2S/c1-2-11-8-9-13(15)14(10-11)17(16)12-6-4-3-5-7-12/h3-10,15H,2H2,1H3/t17-/m0/s1. The average Bonchev–Trinajstić information content (AvgIpc) is 2.39. The molecular formula is C14H14O2S. The lowest BCUT2D eigenvalue weighted by atomic mass is 10.2. The van der Waals surface area contributed by atoms with E-state index in [1.807, 2.05) is 31.2 Å². The van der Waals surface area contributed by atoms with E-state index in [0.717, 1.165) is 12.0 Å². The zero-order valence-electron chi connectivity index (χ0n) is 9.59. The van der Waals surface area contributed by atoms with Crippen LogP contribution in [0.15, 0.2) is 58.3 Å². The summed E-state index contributed by atoms with van der Waals surface area (Å²) in [4.78, 5) is 1.19. The van der Waals surface area contributed by atoms with Gasteiger partial charge < -0.3 is 5.11 Å².